The van der Waals surface area contributed by atoms with E-state index in [9.17, 15) is 4.79 Å². The van der Waals surface area contributed by atoms with Gasteiger partial charge >= 0.3 is 6.09 Å². The van der Waals surface area contributed by atoms with Crippen LogP contribution in [0.2, 0.25) is 0 Å². The van der Waals surface area contributed by atoms with E-state index in [2.05, 4.69) is 21.2 Å². The molecule has 2 aliphatic heterocycles. The third-order valence-electron chi connectivity index (χ3n) is 4.92. The number of ether oxygens (including phenoxy) is 1. The van der Waals surface area contributed by atoms with Crippen molar-refractivity contribution in [1.29, 1.82) is 5.26 Å². The number of nitrogens with zero attached hydrogens (tertiary/aromatic N) is 4. The lowest BCUT2D eigenvalue weighted by atomic mass is 10.2. The van der Waals surface area contributed by atoms with Gasteiger partial charge in [0.25, 0.3) is 0 Å². The quantitative estimate of drug-likeness (QED) is 0.591. The molecular weight excluding hydrogens is 362 g/mol. The molecule has 7 nitrogen and oxygen atoms in total. The van der Waals surface area contributed by atoms with Crippen LogP contribution in [0.4, 0.5) is 16.2 Å². The molecule has 1 aromatic rings. The number of nitriles is 1. The summed E-state index contributed by atoms with van der Waals surface area (Å²) < 4.78 is 5.43. The highest BCUT2D eigenvalue weighted by atomic mass is 32.1. The Hall–Kier alpha value is -2.37. The molecule has 2 aliphatic rings. The van der Waals surface area contributed by atoms with Crippen molar-refractivity contribution in [3.63, 3.8) is 0 Å². The fraction of sp³-hybridized carbons (Fsp3) is 0.526. The molecule has 0 radical (unpaired) electrons. The molecule has 2 heterocycles. The molecule has 1 atom stereocenters. The summed E-state index contributed by atoms with van der Waals surface area (Å²) in [4.78, 5) is 19.1. The second kappa shape index (κ2) is 9.02. The Kier molecular flexibility index (Phi) is 6.48. The van der Waals surface area contributed by atoms with Gasteiger partial charge < -0.3 is 15.0 Å². The summed E-state index contributed by atoms with van der Waals surface area (Å²) >= 11 is 5.15. The molecule has 144 valence electrons. The molecule has 3 rings (SSSR count). The van der Waals surface area contributed by atoms with Gasteiger partial charge in [-0.3, -0.25) is 9.80 Å². The zero-order valence-electron chi connectivity index (χ0n) is 15.6. The number of cyclic esters (lactones) is 1. The lowest BCUT2D eigenvalue weighted by molar-refractivity contribution is 0.143. The van der Waals surface area contributed by atoms with Crippen LogP contribution in [0.3, 0.4) is 0 Å². The molecule has 1 amide bonds. The minimum absolute atomic E-state index is 0.199. The third-order valence-corrected chi connectivity index (χ3v) is 5.35. The first-order valence-electron chi connectivity index (χ1n) is 9.30. The third kappa shape index (κ3) is 4.87. The summed E-state index contributed by atoms with van der Waals surface area (Å²) in [5.74, 6) is 0. The fourth-order valence-corrected chi connectivity index (χ4v) is 3.38. The summed E-state index contributed by atoms with van der Waals surface area (Å²) in [6.45, 7) is 7.13. The van der Waals surface area contributed by atoms with E-state index < -0.39 is 0 Å². The number of thiocarbonyl (C=S) groups is 1. The molecule has 0 aliphatic carbocycles. The van der Waals surface area contributed by atoms with E-state index in [1.165, 1.54) is 0 Å². The number of carbonyl (C=O) groups is 1. The van der Waals surface area contributed by atoms with Gasteiger partial charge in [-0.05, 0) is 30.7 Å². The molecule has 1 N–H and O–H groups in total. The molecule has 0 aromatic heterocycles. The normalized spacial score (nSPS) is 20.3. The number of piperazine rings is 1. The summed E-state index contributed by atoms with van der Waals surface area (Å²) in [6, 6.07) is 10.2. The Morgan fingerprint density at radius 2 is 1.93 bits per heavy atom. The Labute approximate surface area is 165 Å². The molecule has 1 unspecified atom stereocenters. The van der Waals surface area contributed by atoms with Crippen molar-refractivity contribution >= 4 is 34.7 Å². The first-order chi connectivity index (χ1) is 13.1. The molecule has 8 heteroatoms. The lowest BCUT2D eigenvalue weighted by Crippen LogP contribution is -2.46. The average Bonchev–Trinajstić information content (AvgIpc) is 3.08. The van der Waals surface area contributed by atoms with Crippen LogP contribution in [0.5, 0.6) is 0 Å². The maximum atomic E-state index is 12.2. The van der Waals surface area contributed by atoms with Crippen molar-refractivity contribution in [2.24, 2.45) is 0 Å². The zero-order chi connectivity index (χ0) is 19.2. The molecule has 0 spiro atoms. The summed E-state index contributed by atoms with van der Waals surface area (Å²) in [5, 5.41) is 11.9. The predicted molar refractivity (Wildman–Crippen MR) is 109 cm³/mol. The Balaban J connectivity index is 1.55. The second-order valence-electron chi connectivity index (χ2n) is 6.71. The van der Waals surface area contributed by atoms with Gasteiger partial charge in [-0.1, -0.05) is 19.1 Å². The van der Waals surface area contributed by atoms with Gasteiger partial charge in [0.05, 0.1) is 30.7 Å². The lowest BCUT2D eigenvalue weighted by Gasteiger charge is -2.35. The fourth-order valence-electron chi connectivity index (χ4n) is 3.30. The number of rotatable bonds is 6. The number of amides is 1. The molecule has 0 bridgehead atoms. The predicted octanol–water partition coefficient (Wildman–Crippen LogP) is 1.98. The maximum absolute atomic E-state index is 12.2. The number of benzene rings is 1. The van der Waals surface area contributed by atoms with Crippen LogP contribution in [-0.2, 0) is 4.74 Å². The molecule has 0 saturated carbocycles. The number of hydrogen-bond acceptors (Lipinski definition) is 6. The van der Waals surface area contributed by atoms with Gasteiger partial charge in [0.1, 0.15) is 6.10 Å². The van der Waals surface area contributed by atoms with E-state index in [4.69, 9.17) is 22.2 Å². The Morgan fingerprint density at radius 1 is 1.26 bits per heavy atom. The van der Waals surface area contributed by atoms with Crippen LogP contribution in [0.15, 0.2) is 24.3 Å². The SMILES string of the molecule is CCC(=S)NCC1CN(c2ccc(N3CCN(CC#N)CC3)cc2)C(=O)O1. The average molecular weight is 388 g/mol. The van der Waals surface area contributed by atoms with Crippen molar-refractivity contribution in [3.8, 4) is 6.07 Å². The Bertz CT molecular complexity index is 710. The summed E-state index contributed by atoms with van der Waals surface area (Å²) in [7, 11) is 0. The summed E-state index contributed by atoms with van der Waals surface area (Å²) in [5.41, 5.74) is 1.97. The van der Waals surface area contributed by atoms with E-state index in [0.29, 0.717) is 19.6 Å². The van der Waals surface area contributed by atoms with E-state index in [0.717, 1.165) is 49.0 Å². The summed E-state index contributed by atoms with van der Waals surface area (Å²) in [6.07, 6.45) is 0.267. The number of carbonyl (C=O) groups excluding carboxylic acids is 1. The number of hydrogen-bond donors (Lipinski definition) is 1. The van der Waals surface area contributed by atoms with Crippen LogP contribution in [0, 0.1) is 11.3 Å². The van der Waals surface area contributed by atoms with E-state index >= 15 is 0 Å². The standard InChI is InChI=1S/C19H25N5O2S/c1-2-18(27)21-13-17-14-24(19(25)26-17)16-5-3-15(4-6-16)23-11-9-22(8-7-20)10-12-23/h3-6,17H,2,8-14H2,1H3,(H,21,27). The first kappa shape index (κ1) is 19.4. The van der Waals surface area contributed by atoms with Crippen molar-refractivity contribution in [3.05, 3.63) is 24.3 Å². The molecule has 27 heavy (non-hydrogen) atoms. The molecule has 1 aromatic carbocycles. The van der Waals surface area contributed by atoms with Gasteiger partial charge in [-0.15, -0.1) is 0 Å². The highest BCUT2D eigenvalue weighted by Crippen LogP contribution is 2.25. The van der Waals surface area contributed by atoms with Gasteiger partial charge in [-0.2, -0.15) is 5.26 Å². The van der Waals surface area contributed by atoms with Crippen molar-refractivity contribution in [1.82, 2.24) is 10.2 Å². The monoisotopic (exact) mass is 387 g/mol. The van der Waals surface area contributed by atoms with Crippen LogP contribution < -0.4 is 15.1 Å². The maximum Gasteiger partial charge on any atom is 0.414 e. The second-order valence-corrected chi connectivity index (χ2v) is 7.20. The van der Waals surface area contributed by atoms with E-state index in [-0.39, 0.29) is 12.2 Å². The van der Waals surface area contributed by atoms with Crippen molar-refractivity contribution in [2.75, 3.05) is 55.6 Å². The molecule has 2 saturated heterocycles. The van der Waals surface area contributed by atoms with Crippen LogP contribution in [0.25, 0.3) is 0 Å². The van der Waals surface area contributed by atoms with Crippen LogP contribution >= 0.6 is 12.2 Å². The molecular formula is C19H25N5O2S. The number of nitrogens with one attached hydrogen (secondary N) is 1. The van der Waals surface area contributed by atoms with Gasteiger partial charge in [0, 0.05) is 37.6 Å². The van der Waals surface area contributed by atoms with Crippen LogP contribution in [-0.4, -0.2) is 67.9 Å². The Morgan fingerprint density at radius 3 is 2.56 bits per heavy atom. The van der Waals surface area contributed by atoms with E-state index in [1.807, 2.05) is 31.2 Å². The largest absolute Gasteiger partial charge is 0.442 e. The minimum atomic E-state index is -0.318. The smallest absolute Gasteiger partial charge is 0.414 e. The van der Waals surface area contributed by atoms with Gasteiger partial charge in [-0.25, -0.2) is 4.79 Å². The zero-order valence-corrected chi connectivity index (χ0v) is 16.4. The van der Waals surface area contributed by atoms with Gasteiger partial charge in [0.15, 0.2) is 0 Å². The van der Waals surface area contributed by atoms with Crippen LogP contribution in [0.1, 0.15) is 13.3 Å². The van der Waals surface area contributed by atoms with Crippen molar-refractivity contribution < 1.29 is 9.53 Å². The first-order valence-corrected chi connectivity index (χ1v) is 9.70. The molecule has 2 fully saturated rings. The van der Waals surface area contributed by atoms with Crippen molar-refractivity contribution in [2.45, 2.75) is 19.4 Å². The number of anilines is 2. The minimum Gasteiger partial charge on any atom is -0.442 e. The van der Waals surface area contributed by atoms with Gasteiger partial charge in [0.2, 0.25) is 0 Å². The van der Waals surface area contributed by atoms with E-state index in [1.54, 1.807) is 4.90 Å². The topological polar surface area (TPSA) is 71.8 Å². The highest BCUT2D eigenvalue weighted by molar-refractivity contribution is 7.80. The highest BCUT2D eigenvalue weighted by Gasteiger charge is 2.32.